The molecule has 3 nitrogen and oxygen atoms in total. The van der Waals surface area contributed by atoms with Crippen molar-refractivity contribution in [3.63, 3.8) is 0 Å². The molecular weight excluding hydrogens is 211 g/mol. The number of carbonyl (C=O) groups excluding carboxylic acids is 1. The van der Waals surface area contributed by atoms with Crippen molar-refractivity contribution in [2.45, 2.75) is 13.0 Å². The lowest BCUT2D eigenvalue weighted by atomic mass is 10.1. The SMILES string of the molecule is C#CC(OC(=O)OCC)c1ccc(F)cc1. The summed E-state index contributed by atoms with van der Waals surface area (Å²) in [6, 6.07) is 5.40. The highest BCUT2D eigenvalue weighted by molar-refractivity contribution is 5.60. The fourth-order valence-corrected chi connectivity index (χ4v) is 1.08. The zero-order valence-corrected chi connectivity index (χ0v) is 8.77. The molecule has 1 atom stereocenters. The molecule has 0 fully saturated rings. The number of carbonyl (C=O) groups is 1. The average Bonchev–Trinajstić information content (AvgIpc) is 2.27. The highest BCUT2D eigenvalue weighted by atomic mass is 19.1. The molecule has 1 rings (SSSR count). The van der Waals surface area contributed by atoms with Gasteiger partial charge in [-0.15, -0.1) is 6.42 Å². The molecule has 1 unspecified atom stereocenters. The molecule has 0 saturated heterocycles. The van der Waals surface area contributed by atoms with Crippen molar-refractivity contribution in [1.82, 2.24) is 0 Å². The Morgan fingerprint density at radius 1 is 1.50 bits per heavy atom. The number of benzene rings is 1. The minimum atomic E-state index is -0.861. The van der Waals surface area contributed by atoms with Crippen LogP contribution < -0.4 is 0 Å². The first-order valence-electron chi connectivity index (χ1n) is 4.72. The molecule has 0 aliphatic rings. The Morgan fingerprint density at radius 2 is 2.12 bits per heavy atom. The first kappa shape index (κ1) is 12.1. The van der Waals surface area contributed by atoms with E-state index in [-0.39, 0.29) is 12.4 Å². The van der Waals surface area contributed by atoms with E-state index in [1.165, 1.54) is 24.3 Å². The van der Waals surface area contributed by atoms with Crippen molar-refractivity contribution in [2.75, 3.05) is 6.61 Å². The number of terminal acetylenes is 1. The lowest BCUT2D eigenvalue weighted by Gasteiger charge is -2.11. The number of ether oxygens (including phenoxy) is 2. The summed E-state index contributed by atoms with van der Waals surface area (Å²) < 4.78 is 22.1. The van der Waals surface area contributed by atoms with Gasteiger partial charge in [-0.25, -0.2) is 9.18 Å². The quantitative estimate of drug-likeness (QED) is 0.582. The third kappa shape index (κ3) is 3.28. The fraction of sp³-hybridized carbons (Fsp3) is 0.250. The van der Waals surface area contributed by atoms with Gasteiger partial charge in [0.2, 0.25) is 0 Å². The fourth-order valence-electron chi connectivity index (χ4n) is 1.08. The largest absolute Gasteiger partial charge is 0.509 e. The Hall–Kier alpha value is -2.02. The Bertz CT molecular complexity index is 392. The molecule has 0 aromatic heterocycles. The highest BCUT2D eigenvalue weighted by Crippen LogP contribution is 2.17. The van der Waals surface area contributed by atoms with Crippen LogP contribution in [0.15, 0.2) is 24.3 Å². The molecule has 84 valence electrons. The molecule has 0 heterocycles. The maximum atomic E-state index is 12.7. The van der Waals surface area contributed by atoms with Gasteiger partial charge in [-0.1, -0.05) is 18.1 Å². The van der Waals surface area contributed by atoms with Gasteiger partial charge in [-0.2, -0.15) is 0 Å². The Morgan fingerprint density at radius 3 is 2.62 bits per heavy atom. The molecule has 1 aromatic rings. The van der Waals surface area contributed by atoms with Gasteiger partial charge in [0.15, 0.2) is 6.10 Å². The van der Waals surface area contributed by atoms with Crippen LogP contribution >= 0.6 is 0 Å². The predicted octanol–water partition coefficient (Wildman–Crippen LogP) is 2.67. The number of hydrogen-bond acceptors (Lipinski definition) is 3. The van der Waals surface area contributed by atoms with Gasteiger partial charge >= 0.3 is 6.16 Å². The molecule has 0 aliphatic carbocycles. The molecule has 1 aromatic carbocycles. The van der Waals surface area contributed by atoms with E-state index in [0.717, 1.165) is 0 Å². The Labute approximate surface area is 93.2 Å². The molecule has 0 spiro atoms. The maximum Gasteiger partial charge on any atom is 0.509 e. The lowest BCUT2D eigenvalue weighted by molar-refractivity contribution is 0.0427. The number of rotatable bonds is 3. The van der Waals surface area contributed by atoms with Gasteiger partial charge in [0.25, 0.3) is 0 Å². The molecular formula is C12H11FO3. The van der Waals surface area contributed by atoms with Crippen molar-refractivity contribution in [3.8, 4) is 12.3 Å². The standard InChI is InChI=1S/C12H11FO3/c1-3-11(16-12(14)15-4-2)9-5-7-10(13)8-6-9/h1,5-8,11H,4H2,2H3. The lowest BCUT2D eigenvalue weighted by Crippen LogP contribution is -2.11. The van der Waals surface area contributed by atoms with Crippen LogP contribution in [-0.4, -0.2) is 12.8 Å². The average molecular weight is 222 g/mol. The molecule has 0 radical (unpaired) electrons. The monoisotopic (exact) mass is 222 g/mol. The smallest absolute Gasteiger partial charge is 0.435 e. The number of halogens is 1. The Balaban J connectivity index is 2.72. The van der Waals surface area contributed by atoms with Gasteiger partial charge < -0.3 is 9.47 Å². The van der Waals surface area contributed by atoms with Crippen LogP contribution in [-0.2, 0) is 9.47 Å². The first-order valence-corrected chi connectivity index (χ1v) is 4.72. The molecule has 16 heavy (non-hydrogen) atoms. The van der Waals surface area contributed by atoms with Gasteiger partial charge in [-0.3, -0.25) is 0 Å². The van der Waals surface area contributed by atoms with Gasteiger partial charge in [0.05, 0.1) is 6.61 Å². The molecule has 0 aliphatic heterocycles. The van der Waals surface area contributed by atoms with Crippen molar-refractivity contribution in [1.29, 1.82) is 0 Å². The molecule has 4 heteroatoms. The Kier molecular flexibility index (Phi) is 4.34. The third-order valence-corrected chi connectivity index (χ3v) is 1.80. The summed E-state index contributed by atoms with van der Waals surface area (Å²) in [5, 5.41) is 0. The summed E-state index contributed by atoms with van der Waals surface area (Å²) in [4.78, 5) is 11.0. The second-order valence-electron chi connectivity index (χ2n) is 2.90. The normalized spacial score (nSPS) is 11.3. The van der Waals surface area contributed by atoms with E-state index in [2.05, 4.69) is 10.7 Å². The van der Waals surface area contributed by atoms with Crippen LogP contribution in [0, 0.1) is 18.2 Å². The zero-order valence-electron chi connectivity index (χ0n) is 8.77. The summed E-state index contributed by atoms with van der Waals surface area (Å²) >= 11 is 0. The van der Waals surface area contributed by atoms with E-state index in [1.807, 2.05) is 0 Å². The van der Waals surface area contributed by atoms with E-state index >= 15 is 0 Å². The van der Waals surface area contributed by atoms with Crippen LogP contribution in [0.3, 0.4) is 0 Å². The van der Waals surface area contributed by atoms with E-state index in [9.17, 15) is 9.18 Å². The summed E-state index contributed by atoms with van der Waals surface area (Å²) in [5.41, 5.74) is 0.525. The maximum absolute atomic E-state index is 12.7. The second-order valence-corrected chi connectivity index (χ2v) is 2.90. The zero-order chi connectivity index (χ0) is 12.0. The molecule has 0 N–H and O–H groups in total. The highest BCUT2D eigenvalue weighted by Gasteiger charge is 2.14. The topological polar surface area (TPSA) is 35.5 Å². The van der Waals surface area contributed by atoms with Crippen LogP contribution in [0.2, 0.25) is 0 Å². The summed E-state index contributed by atoms with van der Waals surface area (Å²) in [6.45, 7) is 1.86. The van der Waals surface area contributed by atoms with Crippen molar-refractivity contribution in [2.24, 2.45) is 0 Å². The van der Waals surface area contributed by atoms with Gasteiger partial charge in [0, 0.05) is 5.56 Å². The molecule has 0 amide bonds. The van der Waals surface area contributed by atoms with Gasteiger partial charge in [0.1, 0.15) is 5.82 Å². The summed E-state index contributed by atoms with van der Waals surface area (Å²) in [7, 11) is 0. The molecule has 0 saturated carbocycles. The van der Waals surface area contributed by atoms with Crippen molar-refractivity contribution >= 4 is 6.16 Å². The summed E-state index contributed by atoms with van der Waals surface area (Å²) in [5.74, 6) is 1.90. The predicted molar refractivity (Wildman–Crippen MR) is 56.1 cm³/mol. The van der Waals surface area contributed by atoms with Crippen molar-refractivity contribution < 1.29 is 18.7 Å². The minimum absolute atomic E-state index is 0.208. The first-order chi connectivity index (χ1) is 7.67. The van der Waals surface area contributed by atoms with Crippen molar-refractivity contribution in [3.05, 3.63) is 35.6 Å². The van der Waals surface area contributed by atoms with E-state index < -0.39 is 12.3 Å². The second kappa shape index (κ2) is 5.76. The third-order valence-electron chi connectivity index (χ3n) is 1.80. The van der Waals surface area contributed by atoms with E-state index in [0.29, 0.717) is 5.56 Å². The molecule has 0 bridgehead atoms. The van der Waals surface area contributed by atoms with Crippen LogP contribution in [0.25, 0.3) is 0 Å². The summed E-state index contributed by atoms with van der Waals surface area (Å²) in [6.07, 6.45) is 3.51. The van der Waals surface area contributed by atoms with Crippen LogP contribution in [0.4, 0.5) is 9.18 Å². The van der Waals surface area contributed by atoms with Gasteiger partial charge in [-0.05, 0) is 19.1 Å². The van der Waals surface area contributed by atoms with Crippen LogP contribution in [0.5, 0.6) is 0 Å². The number of hydrogen-bond donors (Lipinski definition) is 0. The van der Waals surface area contributed by atoms with Crippen LogP contribution in [0.1, 0.15) is 18.6 Å². The van der Waals surface area contributed by atoms with E-state index in [4.69, 9.17) is 11.2 Å². The minimum Gasteiger partial charge on any atom is -0.435 e. The van der Waals surface area contributed by atoms with E-state index in [1.54, 1.807) is 6.92 Å².